The predicted octanol–water partition coefficient (Wildman–Crippen LogP) is 3.28. The maximum Gasteiger partial charge on any atom is 0.245 e. The fraction of sp³-hybridized carbons (Fsp3) is 0.737. The third kappa shape index (κ3) is 12.0. The Balaban J connectivity index is 2.27. The van der Waals surface area contributed by atoms with Crippen LogP contribution in [-0.2, 0) is 44.4 Å². The summed E-state index contributed by atoms with van der Waals surface area (Å²) in [5.41, 5.74) is 0.551. The topological polar surface area (TPSA) is 155 Å². The minimum absolute atomic E-state index is 0.0309. The van der Waals surface area contributed by atoms with Crippen LogP contribution < -0.4 is 10.0 Å². The molecular formula is C38H65N5O8S. The largest absolute Gasteiger partial charge is 0.379 e. The first-order chi connectivity index (χ1) is 24.3. The zero-order chi connectivity index (χ0) is 39.5. The Morgan fingerprint density at radius 2 is 1.54 bits per heavy atom. The lowest BCUT2D eigenvalue weighted by Crippen LogP contribution is -2.59. The minimum Gasteiger partial charge on any atom is -0.379 e. The molecule has 0 radical (unpaired) electrons. The second-order valence-electron chi connectivity index (χ2n) is 15.2. The molecule has 14 heteroatoms. The molecule has 1 aliphatic rings. The third-order valence-electron chi connectivity index (χ3n) is 10.4. The average molecular weight is 752 g/mol. The van der Waals surface area contributed by atoms with E-state index in [2.05, 4.69) is 10.0 Å². The Morgan fingerprint density at radius 3 is 2.04 bits per heavy atom. The molecular weight excluding hydrogens is 687 g/mol. The lowest BCUT2D eigenvalue weighted by molar-refractivity contribution is -0.148. The summed E-state index contributed by atoms with van der Waals surface area (Å²) in [6.45, 7) is 13.8. The fourth-order valence-corrected chi connectivity index (χ4v) is 8.68. The van der Waals surface area contributed by atoms with Crippen molar-refractivity contribution in [3.05, 3.63) is 35.9 Å². The standard InChI is InChI=1S/C38H65N5O8S/c1-13-26(6)34(42(10)38(47)32(24(2)3)39-37(46)33(25(4)5)41(8)9)30(50-11)22-31(44)43-21-17-20-29(43)35(51-12)27(7)36(45)40-52(48,49)23-28-18-15-14-16-19-28/h14-16,18-19,24-27,29-30,32-35H,13,17,20-23H2,1-12H3,(H,39,46)(H,40,45)/t26-,27+,29-,30+,32-,33?,34-,35+/m0/s1. The molecule has 0 aromatic heterocycles. The van der Waals surface area contributed by atoms with Crippen molar-refractivity contribution >= 4 is 33.7 Å². The van der Waals surface area contributed by atoms with Crippen molar-refractivity contribution in [3.8, 4) is 0 Å². The molecule has 0 spiro atoms. The van der Waals surface area contributed by atoms with Gasteiger partial charge in [0.05, 0.1) is 48.4 Å². The van der Waals surface area contributed by atoms with Gasteiger partial charge in [-0.25, -0.2) is 8.42 Å². The van der Waals surface area contributed by atoms with Crippen molar-refractivity contribution in [3.63, 3.8) is 0 Å². The summed E-state index contributed by atoms with van der Waals surface area (Å²) >= 11 is 0. The van der Waals surface area contributed by atoms with Gasteiger partial charge in [0.15, 0.2) is 0 Å². The first-order valence-electron chi connectivity index (χ1n) is 18.5. The molecule has 1 aliphatic heterocycles. The highest BCUT2D eigenvalue weighted by atomic mass is 32.2. The highest BCUT2D eigenvalue weighted by Gasteiger charge is 2.43. The number of ether oxygens (including phenoxy) is 2. The highest BCUT2D eigenvalue weighted by molar-refractivity contribution is 7.89. The lowest BCUT2D eigenvalue weighted by Gasteiger charge is -2.41. The number of amides is 4. The molecule has 1 heterocycles. The van der Waals surface area contributed by atoms with E-state index in [1.54, 1.807) is 54.1 Å². The third-order valence-corrected chi connectivity index (χ3v) is 11.6. The van der Waals surface area contributed by atoms with Crippen LogP contribution >= 0.6 is 0 Å². The first-order valence-corrected chi connectivity index (χ1v) is 20.1. The zero-order valence-electron chi connectivity index (χ0n) is 33.4. The van der Waals surface area contributed by atoms with Crippen LogP contribution in [0.25, 0.3) is 0 Å². The molecule has 1 fully saturated rings. The Labute approximate surface area is 312 Å². The van der Waals surface area contributed by atoms with Gasteiger partial charge in [0, 0.05) is 27.8 Å². The van der Waals surface area contributed by atoms with Crippen LogP contribution in [0, 0.1) is 23.7 Å². The number of likely N-dealkylation sites (N-methyl/N-ethyl adjacent to an activating group) is 2. The monoisotopic (exact) mass is 751 g/mol. The number of methoxy groups -OCH3 is 2. The average Bonchev–Trinajstić information content (AvgIpc) is 3.55. The molecule has 1 unspecified atom stereocenters. The number of benzene rings is 1. The molecule has 1 aromatic carbocycles. The number of nitrogens with zero attached hydrogens (tertiary/aromatic N) is 3. The summed E-state index contributed by atoms with van der Waals surface area (Å²) in [4.78, 5) is 60.1. The van der Waals surface area contributed by atoms with Crippen molar-refractivity contribution in [2.24, 2.45) is 23.7 Å². The zero-order valence-corrected chi connectivity index (χ0v) is 34.2. The van der Waals surface area contributed by atoms with Crippen LogP contribution in [-0.4, -0.2) is 125 Å². The Hall–Kier alpha value is -3.07. The van der Waals surface area contributed by atoms with Gasteiger partial charge in [-0.15, -0.1) is 0 Å². The Morgan fingerprint density at radius 1 is 0.923 bits per heavy atom. The van der Waals surface area contributed by atoms with E-state index in [0.29, 0.717) is 31.4 Å². The van der Waals surface area contributed by atoms with Crippen LogP contribution in [0.2, 0.25) is 0 Å². The number of hydrogen-bond acceptors (Lipinski definition) is 9. The number of hydrogen-bond donors (Lipinski definition) is 2. The molecule has 0 saturated carbocycles. The van der Waals surface area contributed by atoms with Crippen LogP contribution in [0.15, 0.2) is 30.3 Å². The van der Waals surface area contributed by atoms with E-state index in [-0.39, 0.29) is 47.6 Å². The second-order valence-corrected chi connectivity index (χ2v) is 16.9. The highest BCUT2D eigenvalue weighted by Crippen LogP contribution is 2.30. The van der Waals surface area contributed by atoms with E-state index in [1.165, 1.54) is 14.2 Å². The van der Waals surface area contributed by atoms with Gasteiger partial charge >= 0.3 is 0 Å². The maximum absolute atomic E-state index is 14.2. The van der Waals surface area contributed by atoms with E-state index in [4.69, 9.17) is 9.47 Å². The van der Waals surface area contributed by atoms with E-state index in [0.717, 1.165) is 0 Å². The number of carbonyl (C=O) groups is 4. The molecule has 2 N–H and O–H groups in total. The van der Waals surface area contributed by atoms with Crippen molar-refractivity contribution in [1.29, 1.82) is 0 Å². The lowest BCUT2D eigenvalue weighted by atomic mass is 9.89. The van der Waals surface area contributed by atoms with Crippen LogP contribution in [0.4, 0.5) is 0 Å². The van der Waals surface area contributed by atoms with Crippen molar-refractivity contribution in [2.45, 2.75) is 116 Å². The number of rotatable bonds is 20. The molecule has 13 nitrogen and oxygen atoms in total. The summed E-state index contributed by atoms with van der Waals surface area (Å²) in [5.74, 6) is -2.84. The molecule has 4 amide bonds. The van der Waals surface area contributed by atoms with Gasteiger partial charge in [-0.2, -0.15) is 0 Å². The number of sulfonamides is 1. The van der Waals surface area contributed by atoms with Crippen molar-refractivity contribution in [1.82, 2.24) is 24.7 Å². The summed E-state index contributed by atoms with van der Waals surface area (Å²) < 4.78 is 39.6. The maximum atomic E-state index is 14.2. The summed E-state index contributed by atoms with van der Waals surface area (Å²) in [6.07, 6.45) is 0.503. The van der Waals surface area contributed by atoms with Gasteiger partial charge in [-0.05, 0) is 50.3 Å². The van der Waals surface area contributed by atoms with Crippen molar-refractivity contribution < 1.29 is 37.1 Å². The molecule has 52 heavy (non-hydrogen) atoms. The van der Waals surface area contributed by atoms with Crippen LogP contribution in [0.3, 0.4) is 0 Å². The fourth-order valence-electron chi connectivity index (χ4n) is 7.49. The summed E-state index contributed by atoms with van der Waals surface area (Å²) in [6, 6.07) is 6.44. The van der Waals surface area contributed by atoms with Gasteiger partial charge in [0.25, 0.3) is 0 Å². The van der Waals surface area contributed by atoms with Crippen LogP contribution in [0.1, 0.15) is 79.7 Å². The molecule has 0 aliphatic carbocycles. The van der Waals surface area contributed by atoms with E-state index >= 15 is 0 Å². The normalized spacial score (nSPS) is 19.1. The van der Waals surface area contributed by atoms with Crippen molar-refractivity contribution in [2.75, 3.05) is 41.9 Å². The summed E-state index contributed by atoms with van der Waals surface area (Å²) in [5, 5.41) is 3.01. The van der Waals surface area contributed by atoms with Gasteiger partial charge in [-0.1, -0.05) is 85.2 Å². The van der Waals surface area contributed by atoms with Crippen LogP contribution in [0.5, 0.6) is 0 Å². The Kier molecular flexibility index (Phi) is 17.7. The molecule has 296 valence electrons. The minimum atomic E-state index is -3.97. The molecule has 1 saturated heterocycles. The number of likely N-dealkylation sites (tertiary alicyclic amines) is 1. The molecule has 8 atom stereocenters. The first kappa shape index (κ1) is 45.1. The van der Waals surface area contributed by atoms with Gasteiger partial charge in [-0.3, -0.25) is 28.8 Å². The quantitative estimate of drug-likeness (QED) is 0.204. The van der Waals surface area contributed by atoms with Gasteiger partial charge < -0.3 is 24.6 Å². The Bertz CT molecular complexity index is 1420. The van der Waals surface area contributed by atoms with E-state index in [9.17, 15) is 27.6 Å². The van der Waals surface area contributed by atoms with Gasteiger partial charge in [0.1, 0.15) is 6.04 Å². The molecule has 1 aromatic rings. The summed E-state index contributed by atoms with van der Waals surface area (Å²) in [7, 11) is 4.40. The van der Waals surface area contributed by atoms with E-state index < -0.39 is 58.2 Å². The predicted molar refractivity (Wildman–Crippen MR) is 202 cm³/mol. The van der Waals surface area contributed by atoms with E-state index in [1.807, 2.05) is 60.5 Å². The van der Waals surface area contributed by atoms with Gasteiger partial charge in [0.2, 0.25) is 33.7 Å². The SMILES string of the molecule is CC[C@H](C)[C@@H]([C@@H](CC(=O)N1CCC[C@H]1[C@H](OC)[C@@H](C)C(=O)NS(=O)(=O)Cc1ccccc1)OC)N(C)C(=O)[C@@H](NC(=O)C(C(C)C)N(C)C)C(C)C. The second kappa shape index (κ2) is 20.4. The number of nitrogens with one attached hydrogen (secondary N) is 2. The molecule has 0 bridgehead atoms. The number of carbonyl (C=O) groups excluding carboxylic acids is 4. The smallest absolute Gasteiger partial charge is 0.245 e. The molecule has 2 rings (SSSR count).